The number of rotatable bonds is 6. The second-order valence-corrected chi connectivity index (χ2v) is 11.5. The van der Waals surface area contributed by atoms with Crippen LogP contribution in [0.25, 0.3) is 11.1 Å². The Labute approximate surface area is 240 Å². The molecule has 1 saturated heterocycles. The SMILES string of the molecule is NC(=O)Cn1cc(-c2ccc3c(c2)CCC32OC(O)N(CC(=O)N3Cc4cc(F)ccc4OCC3C3CC3)C2=O)cn1. The van der Waals surface area contributed by atoms with Crippen molar-refractivity contribution in [3.8, 4) is 16.9 Å². The van der Waals surface area contributed by atoms with Crippen LogP contribution in [0.1, 0.15) is 36.0 Å². The summed E-state index contributed by atoms with van der Waals surface area (Å²) < 4.78 is 27.4. The van der Waals surface area contributed by atoms with E-state index in [0.717, 1.165) is 34.4 Å². The summed E-state index contributed by atoms with van der Waals surface area (Å²) in [6.45, 7) is 0.0299. The monoisotopic (exact) mass is 575 g/mol. The molecule has 3 aromatic rings. The lowest BCUT2D eigenvalue weighted by Gasteiger charge is -2.31. The molecule has 2 aromatic carbocycles. The van der Waals surface area contributed by atoms with Gasteiger partial charge in [0.05, 0.1) is 12.2 Å². The maximum atomic E-state index is 14.0. The highest BCUT2D eigenvalue weighted by atomic mass is 19.1. The molecule has 0 radical (unpaired) electrons. The number of aromatic nitrogens is 2. The van der Waals surface area contributed by atoms with Crippen molar-refractivity contribution in [2.24, 2.45) is 11.7 Å². The van der Waals surface area contributed by atoms with E-state index in [1.165, 1.54) is 16.8 Å². The first-order valence-corrected chi connectivity index (χ1v) is 14.0. The first-order chi connectivity index (χ1) is 20.2. The minimum Gasteiger partial charge on any atom is -0.491 e. The number of ether oxygens (including phenoxy) is 2. The first kappa shape index (κ1) is 26.6. The predicted molar refractivity (Wildman–Crippen MR) is 145 cm³/mol. The van der Waals surface area contributed by atoms with E-state index in [-0.39, 0.29) is 44.1 Å². The number of halogens is 1. The van der Waals surface area contributed by atoms with Gasteiger partial charge in [-0.25, -0.2) is 4.39 Å². The molecule has 2 fully saturated rings. The van der Waals surface area contributed by atoms with E-state index >= 15 is 0 Å². The number of nitrogens with zero attached hydrogens (tertiary/aromatic N) is 4. The van der Waals surface area contributed by atoms with E-state index in [9.17, 15) is 23.9 Å². The number of carbonyl (C=O) groups is 3. The number of benzene rings is 2. The van der Waals surface area contributed by atoms with E-state index < -0.39 is 29.6 Å². The summed E-state index contributed by atoms with van der Waals surface area (Å²) in [7, 11) is 0. The highest BCUT2D eigenvalue weighted by molar-refractivity contribution is 5.93. The summed E-state index contributed by atoms with van der Waals surface area (Å²) in [5, 5.41) is 15.1. The molecule has 3 atom stereocenters. The van der Waals surface area contributed by atoms with Crippen LogP contribution in [-0.4, -0.2) is 68.0 Å². The van der Waals surface area contributed by atoms with Crippen LogP contribution < -0.4 is 10.5 Å². The third kappa shape index (κ3) is 4.51. The number of carbonyl (C=O) groups excluding carboxylic acids is 3. The molecule has 42 heavy (non-hydrogen) atoms. The van der Waals surface area contributed by atoms with Gasteiger partial charge < -0.3 is 25.2 Å². The van der Waals surface area contributed by atoms with Gasteiger partial charge in [-0.15, -0.1) is 0 Å². The maximum Gasteiger partial charge on any atom is 0.264 e. The number of aliphatic hydroxyl groups is 1. The number of aliphatic hydroxyl groups excluding tert-OH is 1. The Morgan fingerprint density at radius 3 is 2.74 bits per heavy atom. The van der Waals surface area contributed by atoms with Crippen molar-refractivity contribution in [1.82, 2.24) is 19.6 Å². The summed E-state index contributed by atoms with van der Waals surface area (Å²) in [6, 6.07) is 9.64. The average Bonchev–Trinajstić information content (AvgIpc) is 3.57. The smallest absolute Gasteiger partial charge is 0.264 e. The standard InChI is InChI=1S/C30H30FN5O6/c31-22-4-6-25-20(10-22)13-35(24(16-41-25)17-1-2-17)27(38)15-36-28(39)30(42-29(36)40)8-7-19-9-18(3-5-23(19)30)21-11-33-34(12-21)14-26(32)37/h3-6,9-12,17,24,29,40H,1-2,7-8,13-16H2,(H2,32,37). The van der Waals surface area contributed by atoms with E-state index in [0.29, 0.717) is 29.7 Å². The van der Waals surface area contributed by atoms with Crippen LogP contribution in [0.5, 0.6) is 5.75 Å². The van der Waals surface area contributed by atoms with E-state index in [1.807, 2.05) is 12.1 Å². The Morgan fingerprint density at radius 2 is 1.95 bits per heavy atom. The van der Waals surface area contributed by atoms with Gasteiger partial charge in [-0.1, -0.05) is 18.2 Å². The first-order valence-electron chi connectivity index (χ1n) is 14.0. The molecule has 1 aromatic heterocycles. The molecule has 1 saturated carbocycles. The molecule has 3 amide bonds. The number of hydrogen-bond donors (Lipinski definition) is 2. The number of nitrogens with two attached hydrogens (primary N) is 1. The molecule has 3 N–H and O–H groups in total. The van der Waals surface area contributed by atoms with Gasteiger partial charge in [0.25, 0.3) is 5.91 Å². The van der Waals surface area contributed by atoms with Crippen LogP contribution in [0.4, 0.5) is 4.39 Å². The highest BCUT2D eigenvalue weighted by Gasteiger charge is 2.57. The van der Waals surface area contributed by atoms with E-state index in [4.69, 9.17) is 15.2 Å². The maximum absolute atomic E-state index is 14.0. The van der Waals surface area contributed by atoms with Crippen molar-refractivity contribution < 1.29 is 33.4 Å². The number of amides is 3. The third-order valence-electron chi connectivity index (χ3n) is 8.72. The van der Waals surface area contributed by atoms with Gasteiger partial charge in [0, 0.05) is 23.9 Å². The van der Waals surface area contributed by atoms with E-state index in [2.05, 4.69) is 5.10 Å². The molecule has 3 heterocycles. The lowest BCUT2D eigenvalue weighted by atomic mass is 9.93. The van der Waals surface area contributed by atoms with Gasteiger partial charge in [-0.2, -0.15) is 5.10 Å². The van der Waals surface area contributed by atoms with Gasteiger partial charge in [0.15, 0.2) is 5.60 Å². The summed E-state index contributed by atoms with van der Waals surface area (Å²) in [6.07, 6.45) is 4.55. The molecule has 2 aliphatic heterocycles. The number of primary amides is 1. The Balaban J connectivity index is 1.11. The fraction of sp³-hybridized carbons (Fsp3) is 0.400. The van der Waals surface area contributed by atoms with Gasteiger partial charge in [-0.3, -0.25) is 24.0 Å². The fourth-order valence-corrected chi connectivity index (χ4v) is 6.46. The van der Waals surface area contributed by atoms with Crippen LogP contribution in [-0.2, 0) is 44.2 Å². The molecule has 3 unspecified atom stereocenters. The molecule has 1 spiro atoms. The Kier molecular flexibility index (Phi) is 6.28. The van der Waals surface area contributed by atoms with Crippen molar-refractivity contribution >= 4 is 17.7 Å². The number of aryl methyl sites for hydroxylation is 1. The Bertz CT molecular complexity index is 1600. The summed E-state index contributed by atoms with van der Waals surface area (Å²) in [4.78, 5) is 41.6. The van der Waals surface area contributed by atoms with Crippen molar-refractivity contribution in [2.45, 2.75) is 56.8 Å². The summed E-state index contributed by atoms with van der Waals surface area (Å²) in [5.41, 5.74) is 7.62. The van der Waals surface area contributed by atoms with Gasteiger partial charge in [0.2, 0.25) is 18.2 Å². The van der Waals surface area contributed by atoms with Crippen LogP contribution in [0.2, 0.25) is 0 Å². The quantitative estimate of drug-likeness (QED) is 0.456. The fourth-order valence-electron chi connectivity index (χ4n) is 6.46. The average molecular weight is 576 g/mol. The van der Waals surface area contributed by atoms with Crippen LogP contribution in [0.15, 0.2) is 48.8 Å². The highest BCUT2D eigenvalue weighted by Crippen LogP contribution is 2.47. The topological polar surface area (TPSA) is 140 Å². The summed E-state index contributed by atoms with van der Waals surface area (Å²) >= 11 is 0. The van der Waals surface area contributed by atoms with Crippen molar-refractivity contribution in [2.75, 3.05) is 13.2 Å². The largest absolute Gasteiger partial charge is 0.491 e. The zero-order valence-electron chi connectivity index (χ0n) is 22.7. The van der Waals surface area contributed by atoms with Gasteiger partial charge in [-0.05, 0) is 66.5 Å². The van der Waals surface area contributed by atoms with Gasteiger partial charge >= 0.3 is 0 Å². The molecule has 218 valence electrons. The van der Waals surface area contributed by atoms with Crippen molar-refractivity contribution in [3.05, 3.63) is 71.3 Å². The van der Waals surface area contributed by atoms with Crippen LogP contribution in [0.3, 0.4) is 0 Å². The summed E-state index contributed by atoms with van der Waals surface area (Å²) in [5.74, 6) is -0.928. The molecular weight excluding hydrogens is 545 g/mol. The number of fused-ring (bicyclic) bond motifs is 3. The molecule has 2 aliphatic carbocycles. The minimum absolute atomic E-state index is 0.0297. The Hall–Kier alpha value is -4.29. The normalized spacial score (nSPS) is 24.9. The van der Waals surface area contributed by atoms with Gasteiger partial charge in [0.1, 0.15) is 31.3 Å². The molecule has 12 heteroatoms. The van der Waals surface area contributed by atoms with Crippen LogP contribution in [0, 0.1) is 11.7 Å². The third-order valence-corrected chi connectivity index (χ3v) is 8.72. The predicted octanol–water partition coefficient (Wildman–Crippen LogP) is 1.65. The molecule has 7 rings (SSSR count). The number of hydrogen-bond acceptors (Lipinski definition) is 7. The molecule has 0 bridgehead atoms. The van der Waals surface area contributed by atoms with Crippen LogP contribution >= 0.6 is 0 Å². The lowest BCUT2D eigenvalue weighted by molar-refractivity contribution is -0.182. The lowest BCUT2D eigenvalue weighted by Crippen LogP contribution is -2.50. The zero-order chi connectivity index (χ0) is 29.2. The zero-order valence-corrected chi connectivity index (χ0v) is 22.7. The second kappa shape index (κ2) is 9.92. The molecule has 4 aliphatic rings. The Morgan fingerprint density at radius 1 is 1.12 bits per heavy atom. The molecule has 11 nitrogen and oxygen atoms in total. The van der Waals surface area contributed by atoms with E-state index in [1.54, 1.807) is 29.4 Å². The van der Waals surface area contributed by atoms with Crippen molar-refractivity contribution in [3.63, 3.8) is 0 Å². The second-order valence-electron chi connectivity index (χ2n) is 11.5. The van der Waals surface area contributed by atoms with Crippen molar-refractivity contribution in [1.29, 1.82) is 0 Å². The minimum atomic E-state index is -1.59. The molecular formula is C30H30FN5O6.